The second kappa shape index (κ2) is 5.81. The zero-order valence-electron chi connectivity index (χ0n) is 12.1. The van der Waals surface area contributed by atoms with E-state index in [-0.39, 0.29) is 17.5 Å². The van der Waals surface area contributed by atoms with Crippen molar-refractivity contribution in [2.24, 2.45) is 5.92 Å². The van der Waals surface area contributed by atoms with Crippen molar-refractivity contribution in [2.45, 2.75) is 31.6 Å². The van der Waals surface area contributed by atoms with Crippen molar-refractivity contribution >= 4 is 10.0 Å². The quantitative estimate of drug-likeness (QED) is 0.938. The second-order valence-electron chi connectivity index (χ2n) is 5.67. The number of aromatic nitrogens is 1. The number of hydrogen-bond acceptors (Lipinski definition) is 4. The van der Waals surface area contributed by atoms with Crippen molar-refractivity contribution in [1.82, 2.24) is 9.88 Å². The van der Waals surface area contributed by atoms with Gasteiger partial charge in [0.25, 0.3) is 0 Å². The molecule has 0 saturated heterocycles. The molecule has 7 heteroatoms. The summed E-state index contributed by atoms with van der Waals surface area (Å²) in [6, 6.07) is 5.91. The number of rotatable bonds is 4. The average Bonchev–Trinajstić information content (AvgIpc) is 2.94. The highest BCUT2D eigenvalue weighted by molar-refractivity contribution is 7.88. The Hall–Kier alpha value is -1.73. The van der Waals surface area contributed by atoms with Gasteiger partial charge < -0.3 is 4.52 Å². The number of benzene rings is 1. The Morgan fingerprint density at radius 3 is 2.95 bits per heavy atom. The molecule has 0 aliphatic heterocycles. The van der Waals surface area contributed by atoms with E-state index in [0.717, 1.165) is 12.0 Å². The summed E-state index contributed by atoms with van der Waals surface area (Å²) in [5.74, 6) is -0.427. The van der Waals surface area contributed by atoms with Gasteiger partial charge in [-0.25, -0.2) is 17.5 Å². The van der Waals surface area contributed by atoms with Gasteiger partial charge in [0.1, 0.15) is 17.8 Å². The van der Waals surface area contributed by atoms with Gasteiger partial charge in [0.05, 0.1) is 5.69 Å². The zero-order chi connectivity index (χ0) is 15.7. The number of hydrogen-bond donors (Lipinski definition) is 1. The normalized spacial score (nSPS) is 21.5. The molecule has 3 rings (SSSR count). The predicted molar refractivity (Wildman–Crippen MR) is 78.9 cm³/mol. The third-order valence-electron chi connectivity index (χ3n) is 4.04. The standard InChI is InChI=1S/C15H17FN2O3S/c1-10-5-6-12-13(3-2-4-14(12)16)15(10)18-22(19,20)9-11-7-8-21-17-11/h2-4,7-8,10,15,18H,5-6,9H2,1H3/t10-,15+/m0/s1. The fourth-order valence-electron chi connectivity index (χ4n) is 2.90. The van der Waals surface area contributed by atoms with Crippen LogP contribution in [0.2, 0.25) is 0 Å². The van der Waals surface area contributed by atoms with Crippen molar-refractivity contribution in [3.8, 4) is 0 Å². The first-order chi connectivity index (χ1) is 10.5. The number of sulfonamides is 1. The van der Waals surface area contributed by atoms with Gasteiger partial charge in [0.2, 0.25) is 10.0 Å². The van der Waals surface area contributed by atoms with Crippen LogP contribution in [0.1, 0.15) is 36.2 Å². The van der Waals surface area contributed by atoms with E-state index in [1.54, 1.807) is 12.1 Å². The van der Waals surface area contributed by atoms with Crippen LogP contribution in [0.15, 0.2) is 35.1 Å². The minimum Gasteiger partial charge on any atom is -0.364 e. The van der Waals surface area contributed by atoms with Crippen LogP contribution in [0, 0.1) is 11.7 Å². The number of halogens is 1. The molecule has 0 radical (unpaired) electrons. The molecule has 1 aromatic heterocycles. The van der Waals surface area contributed by atoms with Crippen molar-refractivity contribution in [3.05, 3.63) is 53.2 Å². The van der Waals surface area contributed by atoms with E-state index < -0.39 is 16.1 Å². The maximum Gasteiger partial charge on any atom is 0.218 e. The minimum atomic E-state index is -3.59. The van der Waals surface area contributed by atoms with Crippen LogP contribution in [0.4, 0.5) is 4.39 Å². The molecule has 0 unspecified atom stereocenters. The Labute approximate surface area is 128 Å². The van der Waals surface area contributed by atoms with Crippen LogP contribution in [0.3, 0.4) is 0 Å². The van der Waals surface area contributed by atoms with Gasteiger partial charge in [-0.05, 0) is 36.0 Å². The summed E-state index contributed by atoms with van der Waals surface area (Å²) in [5, 5.41) is 3.62. The first kappa shape index (κ1) is 15.2. The highest BCUT2D eigenvalue weighted by atomic mass is 32.2. The fourth-order valence-corrected chi connectivity index (χ4v) is 4.26. The minimum absolute atomic E-state index is 0.0985. The fraction of sp³-hybridized carbons (Fsp3) is 0.400. The maximum absolute atomic E-state index is 13.9. The molecule has 0 saturated carbocycles. The first-order valence-electron chi connectivity index (χ1n) is 7.13. The summed E-state index contributed by atoms with van der Waals surface area (Å²) in [7, 11) is -3.59. The topological polar surface area (TPSA) is 72.2 Å². The van der Waals surface area contributed by atoms with Crippen LogP contribution >= 0.6 is 0 Å². The molecule has 0 bridgehead atoms. The van der Waals surface area contributed by atoms with Crippen molar-refractivity contribution in [1.29, 1.82) is 0 Å². The summed E-state index contributed by atoms with van der Waals surface area (Å²) in [4.78, 5) is 0. The Morgan fingerprint density at radius 2 is 2.23 bits per heavy atom. The van der Waals surface area contributed by atoms with Gasteiger partial charge in [0, 0.05) is 12.1 Å². The van der Waals surface area contributed by atoms with E-state index in [1.165, 1.54) is 18.4 Å². The van der Waals surface area contributed by atoms with Crippen LogP contribution in [0.5, 0.6) is 0 Å². The lowest BCUT2D eigenvalue weighted by Crippen LogP contribution is -2.36. The number of nitrogens with zero attached hydrogens (tertiary/aromatic N) is 1. The van der Waals surface area contributed by atoms with Crippen LogP contribution in [-0.2, 0) is 22.2 Å². The van der Waals surface area contributed by atoms with Crippen LogP contribution in [-0.4, -0.2) is 13.6 Å². The molecular formula is C15H17FN2O3S. The van der Waals surface area contributed by atoms with Crippen LogP contribution in [0.25, 0.3) is 0 Å². The molecule has 1 aromatic carbocycles. The first-order valence-corrected chi connectivity index (χ1v) is 8.78. The molecule has 118 valence electrons. The largest absolute Gasteiger partial charge is 0.364 e. The van der Waals surface area contributed by atoms with E-state index in [9.17, 15) is 12.8 Å². The lowest BCUT2D eigenvalue weighted by atomic mass is 9.81. The molecule has 0 fully saturated rings. The SMILES string of the molecule is C[C@H]1CCc2c(F)cccc2[C@@H]1NS(=O)(=O)Cc1ccon1. The number of nitrogens with one attached hydrogen (secondary N) is 1. The molecule has 2 aromatic rings. The Morgan fingerprint density at radius 1 is 1.41 bits per heavy atom. The van der Waals surface area contributed by atoms with E-state index in [1.807, 2.05) is 6.92 Å². The zero-order valence-corrected chi connectivity index (χ0v) is 12.9. The molecule has 0 amide bonds. The molecule has 5 nitrogen and oxygen atoms in total. The van der Waals surface area contributed by atoms with Gasteiger partial charge in [-0.1, -0.05) is 24.2 Å². The molecule has 0 spiro atoms. The second-order valence-corrected chi connectivity index (χ2v) is 7.42. The van der Waals surface area contributed by atoms with E-state index in [4.69, 9.17) is 0 Å². The summed E-state index contributed by atoms with van der Waals surface area (Å²) in [5.41, 5.74) is 1.67. The van der Waals surface area contributed by atoms with Gasteiger partial charge in [0.15, 0.2) is 0 Å². The molecule has 22 heavy (non-hydrogen) atoms. The van der Waals surface area contributed by atoms with E-state index >= 15 is 0 Å². The molecule has 2 atom stereocenters. The van der Waals surface area contributed by atoms with E-state index in [0.29, 0.717) is 17.7 Å². The highest BCUT2D eigenvalue weighted by Crippen LogP contribution is 2.36. The summed E-state index contributed by atoms with van der Waals surface area (Å²) < 4.78 is 45.9. The smallest absolute Gasteiger partial charge is 0.218 e. The van der Waals surface area contributed by atoms with Crippen molar-refractivity contribution in [3.63, 3.8) is 0 Å². The Balaban J connectivity index is 1.87. The summed E-state index contributed by atoms with van der Waals surface area (Å²) in [6.07, 6.45) is 2.70. The molecule has 1 heterocycles. The van der Waals surface area contributed by atoms with Gasteiger partial charge in [-0.2, -0.15) is 0 Å². The molecule has 1 aliphatic rings. The lowest BCUT2D eigenvalue weighted by molar-refractivity contribution is 0.375. The third-order valence-corrected chi connectivity index (χ3v) is 5.33. The molecule has 1 aliphatic carbocycles. The monoisotopic (exact) mass is 324 g/mol. The lowest BCUT2D eigenvalue weighted by Gasteiger charge is -2.32. The highest BCUT2D eigenvalue weighted by Gasteiger charge is 2.31. The van der Waals surface area contributed by atoms with E-state index in [2.05, 4.69) is 14.4 Å². The van der Waals surface area contributed by atoms with Gasteiger partial charge >= 0.3 is 0 Å². The van der Waals surface area contributed by atoms with Gasteiger partial charge in [-0.3, -0.25) is 0 Å². The average molecular weight is 324 g/mol. The third kappa shape index (κ3) is 3.05. The Bertz CT molecular complexity index is 759. The number of fused-ring (bicyclic) bond motifs is 1. The summed E-state index contributed by atoms with van der Waals surface area (Å²) in [6.45, 7) is 1.97. The van der Waals surface area contributed by atoms with Crippen molar-refractivity contribution in [2.75, 3.05) is 0 Å². The maximum atomic E-state index is 13.9. The van der Waals surface area contributed by atoms with Gasteiger partial charge in [-0.15, -0.1) is 0 Å². The molecular weight excluding hydrogens is 307 g/mol. The molecule has 1 N–H and O–H groups in total. The summed E-state index contributed by atoms with van der Waals surface area (Å²) >= 11 is 0. The predicted octanol–water partition coefficient (Wildman–Crippen LogP) is 2.56. The van der Waals surface area contributed by atoms with Crippen LogP contribution < -0.4 is 4.72 Å². The Kier molecular flexibility index (Phi) is 4.01. The van der Waals surface area contributed by atoms with Crippen molar-refractivity contribution < 1.29 is 17.3 Å².